The second-order valence-electron chi connectivity index (χ2n) is 5.16. The molecule has 1 aromatic carbocycles. The van der Waals surface area contributed by atoms with Gasteiger partial charge in [0, 0.05) is 17.2 Å². The Labute approximate surface area is 111 Å². The van der Waals surface area contributed by atoms with Gasteiger partial charge in [-0.05, 0) is 13.0 Å². The van der Waals surface area contributed by atoms with Crippen molar-refractivity contribution in [2.75, 3.05) is 0 Å². The van der Waals surface area contributed by atoms with E-state index in [4.69, 9.17) is 0 Å². The molecule has 1 rings (SSSR count). The zero-order valence-electron chi connectivity index (χ0n) is 11.4. The standard InChI is InChI=1S/C13H17N3O3/c1-9(13(2,3)4)14-15-12(17)10-7-5-6-8-11(10)16(18)19/h5-8H,1-4H3,(H,15,17). The van der Waals surface area contributed by atoms with Gasteiger partial charge in [0.15, 0.2) is 0 Å². The van der Waals surface area contributed by atoms with Crippen molar-refractivity contribution < 1.29 is 9.72 Å². The van der Waals surface area contributed by atoms with Crippen LogP contribution in [0.15, 0.2) is 29.4 Å². The molecule has 0 fully saturated rings. The predicted octanol–water partition coefficient (Wildman–Crippen LogP) is 2.75. The third kappa shape index (κ3) is 3.87. The first-order chi connectivity index (χ1) is 8.73. The smallest absolute Gasteiger partial charge is 0.267 e. The number of hydrogen-bond acceptors (Lipinski definition) is 4. The zero-order valence-corrected chi connectivity index (χ0v) is 11.4. The van der Waals surface area contributed by atoms with E-state index >= 15 is 0 Å². The molecule has 0 bridgehead atoms. The highest BCUT2D eigenvalue weighted by molar-refractivity contribution is 5.99. The number of hydrogen-bond donors (Lipinski definition) is 1. The van der Waals surface area contributed by atoms with Gasteiger partial charge in [0.25, 0.3) is 11.6 Å². The van der Waals surface area contributed by atoms with Gasteiger partial charge < -0.3 is 0 Å². The highest BCUT2D eigenvalue weighted by atomic mass is 16.6. The highest BCUT2D eigenvalue weighted by Crippen LogP contribution is 2.18. The van der Waals surface area contributed by atoms with Crippen molar-refractivity contribution in [3.63, 3.8) is 0 Å². The van der Waals surface area contributed by atoms with Gasteiger partial charge >= 0.3 is 0 Å². The molecule has 102 valence electrons. The number of nitrogens with one attached hydrogen (secondary N) is 1. The van der Waals surface area contributed by atoms with Gasteiger partial charge in [0.1, 0.15) is 5.56 Å². The Bertz CT molecular complexity index is 530. The lowest BCUT2D eigenvalue weighted by Crippen LogP contribution is -2.25. The molecule has 0 heterocycles. The molecule has 1 aromatic rings. The molecule has 0 saturated heterocycles. The van der Waals surface area contributed by atoms with Crippen LogP contribution < -0.4 is 5.43 Å². The van der Waals surface area contributed by atoms with Crippen molar-refractivity contribution in [3.05, 3.63) is 39.9 Å². The Morgan fingerprint density at radius 3 is 2.42 bits per heavy atom. The summed E-state index contributed by atoms with van der Waals surface area (Å²) in [5, 5.41) is 14.8. The summed E-state index contributed by atoms with van der Waals surface area (Å²) < 4.78 is 0. The number of nitro groups is 1. The molecule has 0 spiro atoms. The second kappa shape index (κ2) is 5.60. The van der Waals surface area contributed by atoms with Gasteiger partial charge in [-0.2, -0.15) is 5.10 Å². The summed E-state index contributed by atoms with van der Waals surface area (Å²) in [6.45, 7) is 7.68. The highest BCUT2D eigenvalue weighted by Gasteiger charge is 2.20. The Balaban J connectivity index is 2.95. The lowest BCUT2D eigenvalue weighted by molar-refractivity contribution is -0.385. The van der Waals surface area contributed by atoms with Gasteiger partial charge in [0.05, 0.1) is 4.92 Å². The summed E-state index contributed by atoms with van der Waals surface area (Å²) in [6, 6.07) is 5.77. The van der Waals surface area contributed by atoms with Crippen molar-refractivity contribution in [2.24, 2.45) is 10.5 Å². The topological polar surface area (TPSA) is 84.6 Å². The molecular weight excluding hydrogens is 246 g/mol. The molecule has 0 atom stereocenters. The van der Waals surface area contributed by atoms with Crippen molar-refractivity contribution in [1.29, 1.82) is 0 Å². The fraction of sp³-hybridized carbons (Fsp3) is 0.385. The number of carbonyl (C=O) groups excluding carboxylic acids is 1. The number of rotatable bonds is 3. The van der Waals surface area contributed by atoms with Crippen LogP contribution in [0.3, 0.4) is 0 Å². The van der Waals surface area contributed by atoms with Crippen LogP contribution in [0.5, 0.6) is 0 Å². The number of amides is 1. The number of benzene rings is 1. The van der Waals surface area contributed by atoms with E-state index in [9.17, 15) is 14.9 Å². The van der Waals surface area contributed by atoms with Crippen LogP contribution in [0, 0.1) is 15.5 Å². The minimum absolute atomic E-state index is 0.00189. The van der Waals surface area contributed by atoms with E-state index in [1.165, 1.54) is 18.2 Å². The molecule has 0 aliphatic heterocycles. The monoisotopic (exact) mass is 263 g/mol. The second-order valence-corrected chi connectivity index (χ2v) is 5.16. The third-order valence-electron chi connectivity index (χ3n) is 2.76. The number of carbonyl (C=O) groups is 1. The summed E-state index contributed by atoms with van der Waals surface area (Å²) >= 11 is 0. The maximum absolute atomic E-state index is 11.9. The van der Waals surface area contributed by atoms with Gasteiger partial charge in [-0.25, -0.2) is 5.43 Å². The summed E-state index contributed by atoms with van der Waals surface area (Å²) in [6.07, 6.45) is 0. The third-order valence-corrected chi connectivity index (χ3v) is 2.76. The molecule has 0 radical (unpaired) electrons. The maximum atomic E-state index is 11.9. The van der Waals surface area contributed by atoms with Gasteiger partial charge in [-0.15, -0.1) is 0 Å². The Morgan fingerprint density at radius 2 is 1.89 bits per heavy atom. The first-order valence-electron chi connectivity index (χ1n) is 5.82. The molecule has 19 heavy (non-hydrogen) atoms. The minimum Gasteiger partial charge on any atom is -0.267 e. The number of nitro benzene ring substituents is 1. The molecule has 6 nitrogen and oxygen atoms in total. The number of hydrazone groups is 1. The van der Waals surface area contributed by atoms with Crippen LogP contribution >= 0.6 is 0 Å². The van der Waals surface area contributed by atoms with E-state index in [-0.39, 0.29) is 16.7 Å². The van der Waals surface area contributed by atoms with Crippen molar-refractivity contribution in [2.45, 2.75) is 27.7 Å². The van der Waals surface area contributed by atoms with Gasteiger partial charge in [0.2, 0.25) is 0 Å². The zero-order chi connectivity index (χ0) is 14.6. The van der Waals surface area contributed by atoms with Crippen molar-refractivity contribution in [3.8, 4) is 0 Å². The van der Waals surface area contributed by atoms with Crippen molar-refractivity contribution in [1.82, 2.24) is 5.43 Å². The van der Waals surface area contributed by atoms with Crippen molar-refractivity contribution >= 4 is 17.3 Å². The van der Waals surface area contributed by atoms with Gasteiger partial charge in [-0.3, -0.25) is 14.9 Å². The predicted molar refractivity (Wildman–Crippen MR) is 73.1 cm³/mol. The van der Waals surface area contributed by atoms with Gasteiger partial charge in [-0.1, -0.05) is 32.9 Å². The molecule has 0 aromatic heterocycles. The van der Waals surface area contributed by atoms with Crippen LogP contribution in [0.1, 0.15) is 38.1 Å². The quantitative estimate of drug-likeness (QED) is 0.517. The van der Waals surface area contributed by atoms with E-state index in [0.717, 1.165) is 5.71 Å². The lowest BCUT2D eigenvalue weighted by atomic mass is 9.91. The number of para-hydroxylation sites is 1. The van der Waals surface area contributed by atoms with Crippen LogP contribution in [-0.4, -0.2) is 16.5 Å². The van der Waals surface area contributed by atoms with Crippen LogP contribution in [0.25, 0.3) is 0 Å². The molecule has 6 heteroatoms. The minimum atomic E-state index is -0.588. The summed E-state index contributed by atoms with van der Waals surface area (Å²) in [5.74, 6) is -0.587. The Hall–Kier alpha value is -2.24. The molecule has 0 unspecified atom stereocenters. The molecule has 1 N–H and O–H groups in total. The Kier molecular flexibility index (Phi) is 4.37. The van der Waals surface area contributed by atoms with Crippen LogP contribution in [0.2, 0.25) is 0 Å². The van der Waals surface area contributed by atoms with E-state index < -0.39 is 10.8 Å². The SMILES string of the molecule is CC(=NNC(=O)c1ccccc1[N+](=O)[O-])C(C)(C)C. The normalized spacial score (nSPS) is 12.1. The van der Waals surface area contributed by atoms with Crippen LogP contribution in [-0.2, 0) is 0 Å². The summed E-state index contributed by atoms with van der Waals surface area (Å²) in [4.78, 5) is 22.1. The molecule has 0 saturated carbocycles. The number of nitrogens with zero attached hydrogens (tertiary/aromatic N) is 2. The molecule has 1 amide bonds. The largest absolute Gasteiger partial charge is 0.282 e. The van der Waals surface area contributed by atoms with E-state index in [2.05, 4.69) is 10.5 Å². The lowest BCUT2D eigenvalue weighted by Gasteiger charge is -2.17. The summed E-state index contributed by atoms with van der Waals surface area (Å²) in [7, 11) is 0. The van der Waals surface area contributed by atoms with Crippen LogP contribution in [0.4, 0.5) is 5.69 Å². The first-order valence-corrected chi connectivity index (χ1v) is 5.82. The fourth-order valence-electron chi connectivity index (χ4n) is 1.19. The Morgan fingerprint density at radius 1 is 1.32 bits per heavy atom. The average molecular weight is 263 g/mol. The summed E-state index contributed by atoms with van der Waals surface area (Å²) in [5.41, 5.74) is 2.68. The van der Waals surface area contributed by atoms with E-state index in [0.29, 0.717) is 0 Å². The fourth-order valence-corrected chi connectivity index (χ4v) is 1.19. The molecule has 0 aliphatic rings. The first kappa shape index (κ1) is 14.8. The molecule has 0 aliphatic carbocycles. The average Bonchev–Trinajstić information content (AvgIpc) is 2.34. The maximum Gasteiger partial charge on any atom is 0.282 e. The van der Waals surface area contributed by atoms with E-state index in [1.807, 2.05) is 20.8 Å². The molecular formula is C13H17N3O3. The van der Waals surface area contributed by atoms with E-state index in [1.54, 1.807) is 13.0 Å².